The zero-order chi connectivity index (χ0) is 18.3. The van der Waals surface area contributed by atoms with E-state index in [0.29, 0.717) is 11.5 Å². The van der Waals surface area contributed by atoms with Gasteiger partial charge in [0.05, 0.1) is 12.6 Å². The Morgan fingerprint density at radius 2 is 2.31 bits per heavy atom. The second-order valence-corrected chi connectivity index (χ2v) is 6.37. The third kappa shape index (κ3) is 3.05. The molecule has 3 heterocycles. The molecule has 5 atom stereocenters. The normalized spacial score (nSPS) is 30.2. The quantitative estimate of drug-likeness (QED) is 0.762. The molecule has 2 aromatic rings. The zero-order valence-corrected chi connectivity index (χ0v) is 14.0. The summed E-state index contributed by atoms with van der Waals surface area (Å²) < 4.78 is 26.5. The van der Waals surface area contributed by atoms with Gasteiger partial charge in [-0.25, -0.2) is 14.2 Å². The lowest BCUT2D eigenvalue weighted by atomic mass is 9.96. The van der Waals surface area contributed by atoms with Crippen LogP contribution in [-0.4, -0.2) is 51.8 Å². The number of carbonyl (C=O) groups excluding carboxylic acids is 1. The lowest BCUT2D eigenvalue weighted by Gasteiger charge is -2.39. The van der Waals surface area contributed by atoms with Crippen LogP contribution in [0.2, 0.25) is 0 Å². The largest absolute Gasteiger partial charge is 0.388 e. The first-order valence-corrected chi connectivity index (χ1v) is 8.30. The summed E-state index contributed by atoms with van der Waals surface area (Å²) in [6.07, 6.45) is 1.36. The molecule has 138 valence electrons. The molecule has 0 unspecified atom stereocenters. The summed E-state index contributed by atoms with van der Waals surface area (Å²) >= 11 is 0. The summed E-state index contributed by atoms with van der Waals surface area (Å²) in [5.74, 6) is 0.251. The maximum absolute atomic E-state index is 13.2. The Hall–Kier alpha value is -2.49. The van der Waals surface area contributed by atoms with E-state index in [-0.39, 0.29) is 6.61 Å². The van der Waals surface area contributed by atoms with Crippen molar-refractivity contribution in [1.29, 1.82) is 0 Å². The number of aryl methyl sites for hydroxylation is 1. The summed E-state index contributed by atoms with van der Waals surface area (Å²) in [5, 5.41) is 16.1. The molecule has 3 N–H and O–H groups in total. The average molecular weight is 362 g/mol. The molecule has 2 amide bonds. The summed E-state index contributed by atoms with van der Waals surface area (Å²) in [4.78, 5) is 16.5. The van der Waals surface area contributed by atoms with E-state index in [4.69, 9.17) is 9.47 Å². The molecule has 26 heavy (non-hydrogen) atoms. The van der Waals surface area contributed by atoms with Crippen LogP contribution in [0.5, 0.6) is 0 Å². The molecule has 1 aromatic heterocycles. The Bertz CT molecular complexity index is 814. The van der Waals surface area contributed by atoms with Gasteiger partial charge in [-0.05, 0) is 25.1 Å². The standard InChI is InChI=1S/C17H19FN4O4/c1-9-19-5-6-22(9)14-15(23)13(12-8-25-16(14)26-12)21-17(24)20-11-4-2-3-10(18)7-11/h2-7,12-16,23H,8H2,1H3,(H2,20,21,24)/t12-,13-,14-,15+,16-/m1/s1. The molecule has 0 radical (unpaired) electrons. The minimum Gasteiger partial charge on any atom is -0.388 e. The number of hydrogen-bond donors (Lipinski definition) is 3. The fourth-order valence-corrected chi connectivity index (χ4v) is 3.46. The van der Waals surface area contributed by atoms with Gasteiger partial charge in [-0.2, -0.15) is 0 Å². The highest BCUT2D eigenvalue weighted by atomic mass is 19.1. The number of fused-ring (bicyclic) bond motifs is 2. The smallest absolute Gasteiger partial charge is 0.319 e. The number of anilines is 1. The molecule has 9 heteroatoms. The zero-order valence-electron chi connectivity index (χ0n) is 14.0. The number of benzene rings is 1. The number of halogens is 1. The number of nitrogens with one attached hydrogen (secondary N) is 2. The van der Waals surface area contributed by atoms with Crippen LogP contribution < -0.4 is 10.6 Å². The third-order valence-corrected chi connectivity index (χ3v) is 4.69. The number of nitrogens with zero attached hydrogens (tertiary/aromatic N) is 2. The van der Waals surface area contributed by atoms with Crippen molar-refractivity contribution in [1.82, 2.24) is 14.9 Å². The van der Waals surface area contributed by atoms with E-state index in [0.717, 1.165) is 0 Å². The molecule has 1 aromatic carbocycles. The highest BCUT2D eigenvalue weighted by Gasteiger charge is 2.51. The predicted octanol–water partition coefficient (Wildman–Crippen LogP) is 1.18. The molecule has 0 saturated carbocycles. The number of urea groups is 1. The Morgan fingerprint density at radius 1 is 1.46 bits per heavy atom. The average Bonchev–Trinajstić information content (AvgIpc) is 3.20. The van der Waals surface area contributed by atoms with E-state index in [1.165, 1.54) is 18.2 Å². The second-order valence-electron chi connectivity index (χ2n) is 6.37. The Morgan fingerprint density at radius 3 is 3.04 bits per heavy atom. The Kier molecular flexibility index (Phi) is 4.35. The van der Waals surface area contributed by atoms with Crippen LogP contribution in [0.1, 0.15) is 11.9 Å². The summed E-state index contributed by atoms with van der Waals surface area (Å²) in [6.45, 7) is 2.07. The molecule has 2 saturated heterocycles. The molecule has 2 aliphatic heterocycles. The molecule has 2 fully saturated rings. The first-order chi connectivity index (χ1) is 12.5. The lowest BCUT2D eigenvalue weighted by molar-refractivity contribution is -0.163. The number of carbonyl (C=O) groups is 1. The molecule has 2 aliphatic rings. The minimum absolute atomic E-state index is 0.261. The molecule has 0 spiro atoms. The fourth-order valence-electron chi connectivity index (χ4n) is 3.46. The highest BCUT2D eigenvalue weighted by molar-refractivity contribution is 5.89. The van der Waals surface area contributed by atoms with E-state index >= 15 is 0 Å². The topological polar surface area (TPSA) is 97.6 Å². The van der Waals surface area contributed by atoms with Crippen molar-refractivity contribution in [2.45, 2.75) is 37.5 Å². The van der Waals surface area contributed by atoms with E-state index in [9.17, 15) is 14.3 Å². The van der Waals surface area contributed by atoms with E-state index < -0.39 is 42.4 Å². The van der Waals surface area contributed by atoms with Crippen LogP contribution in [-0.2, 0) is 9.47 Å². The molecule has 2 bridgehead atoms. The van der Waals surface area contributed by atoms with Crippen molar-refractivity contribution in [2.75, 3.05) is 11.9 Å². The third-order valence-electron chi connectivity index (χ3n) is 4.69. The molecule has 4 rings (SSSR count). The molecular weight excluding hydrogens is 343 g/mol. The van der Waals surface area contributed by atoms with Gasteiger partial charge in [0, 0.05) is 18.1 Å². The summed E-state index contributed by atoms with van der Waals surface area (Å²) in [6, 6.07) is 3.79. The van der Waals surface area contributed by atoms with E-state index in [1.54, 1.807) is 23.0 Å². The van der Waals surface area contributed by atoms with Crippen LogP contribution in [0.15, 0.2) is 36.7 Å². The fraction of sp³-hybridized carbons (Fsp3) is 0.412. The van der Waals surface area contributed by atoms with Gasteiger partial charge in [-0.15, -0.1) is 0 Å². The first kappa shape index (κ1) is 17.0. The predicted molar refractivity (Wildman–Crippen MR) is 89.0 cm³/mol. The maximum Gasteiger partial charge on any atom is 0.319 e. The van der Waals surface area contributed by atoms with Crippen LogP contribution in [0, 0.1) is 12.7 Å². The van der Waals surface area contributed by atoms with Crippen molar-refractivity contribution in [3.63, 3.8) is 0 Å². The number of ether oxygens (including phenoxy) is 2. The number of imidazole rings is 1. The molecular formula is C17H19FN4O4. The maximum atomic E-state index is 13.2. The minimum atomic E-state index is -0.938. The Labute approximate surface area is 148 Å². The Balaban J connectivity index is 1.50. The highest BCUT2D eigenvalue weighted by Crippen LogP contribution is 2.36. The van der Waals surface area contributed by atoms with Crippen LogP contribution >= 0.6 is 0 Å². The van der Waals surface area contributed by atoms with Gasteiger partial charge < -0.3 is 29.8 Å². The SMILES string of the molecule is Cc1nccn1[C@H]1[C@@H]2OC[C@@H](O2)[C@@H](NC(=O)Nc2cccc(F)c2)[C@@H]1O. The van der Waals surface area contributed by atoms with E-state index in [1.807, 2.05) is 6.92 Å². The number of amides is 2. The number of aliphatic hydroxyl groups is 1. The van der Waals surface area contributed by atoms with Gasteiger partial charge in [-0.1, -0.05) is 6.07 Å². The van der Waals surface area contributed by atoms with Crippen molar-refractivity contribution < 1.29 is 23.8 Å². The van der Waals surface area contributed by atoms with Crippen molar-refractivity contribution in [3.8, 4) is 0 Å². The summed E-state index contributed by atoms with van der Waals surface area (Å²) in [5.41, 5.74) is 0.316. The number of hydrogen-bond acceptors (Lipinski definition) is 5. The van der Waals surface area contributed by atoms with Gasteiger partial charge in [0.25, 0.3) is 0 Å². The van der Waals surface area contributed by atoms with Gasteiger partial charge in [0.2, 0.25) is 0 Å². The van der Waals surface area contributed by atoms with Crippen molar-refractivity contribution >= 4 is 11.7 Å². The van der Waals surface area contributed by atoms with Crippen molar-refractivity contribution in [3.05, 3.63) is 48.3 Å². The lowest BCUT2D eigenvalue weighted by Crippen LogP contribution is -2.59. The number of rotatable bonds is 3. The molecule has 8 nitrogen and oxygen atoms in total. The van der Waals surface area contributed by atoms with Gasteiger partial charge >= 0.3 is 6.03 Å². The van der Waals surface area contributed by atoms with Crippen LogP contribution in [0.4, 0.5) is 14.9 Å². The van der Waals surface area contributed by atoms with Gasteiger partial charge in [0.1, 0.15) is 29.9 Å². The van der Waals surface area contributed by atoms with Gasteiger partial charge in [-0.3, -0.25) is 0 Å². The number of aliphatic hydroxyl groups excluding tert-OH is 1. The summed E-state index contributed by atoms with van der Waals surface area (Å²) in [7, 11) is 0. The monoisotopic (exact) mass is 362 g/mol. The number of aromatic nitrogens is 2. The first-order valence-electron chi connectivity index (χ1n) is 8.30. The second kappa shape index (κ2) is 6.67. The van der Waals surface area contributed by atoms with Gasteiger partial charge in [0.15, 0.2) is 6.29 Å². The van der Waals surface area contributed by atoms with E-state index in [2.05, 4.69) is 15.6 Å². The van der Waals surface area contributed by atoms with Crippen LogP contribution in [0.3, 0.4) is 0 Å². The molecule has 0 aliphatic carbocycles. The van der Waals surface area contributed by atoms with Crippen molar-refractivity contribution in [2.24, 2.45) is 0 Å². The van der Waals surface area contributed by atoms with Crippen LogP contribution in [0.25, 0.3) is 0 Å².